The second-order valence-electron chi connectivity index (χ2n) is 7.88. The molecule has 2 aromatic rings. The van der Waals surface area contributed by atoms with Gasteiger partial charge in [-0.2, -0.15) is 5.26 Å². The highest BCUT2D eigenvalue weighted by Crippen LogP contribution is 2.36. The molecule has 2 N–H and O–H groups in total. The number of fused-ring (bicyclic) bond motifs is 1. The zero-order valence-electron chi connectivity index (χ0n) is 15.6. The van der Waals surface area contributed by atoms with Crippen molar-refractivity contribution < 1.29 is 9.84 Å². The van der Waals surface area contributed by atoms with Gasteiger partial charge in [0.2, 0.25) is 0 Å². The molecule has 0 bridgehead atoms. The zero-order valence-corrected chi connectivity index (χ0v) is 15.6. The number of aliphatic hydroxyl groups excluding tert-OH is 1. The van der Waals surface area contributed by atoms with Crippen LogP contribution in [0.25, 0.3) is 0 Å². The molecular formula is C22H26N2O2. The van der Waals surface area contributed by atoms with E-state index < -0.39 is 6.10 Å². The largest absolute Gasteiger partial charge is 0.488 e. The molecule has 0 saturated carbocycles. The van der Waals surface area contributed by atoms with E-state index in [4.69, 9.17) is 4.74 Å². The molecule has 0 fully saturated rings. The Kier molecular flexibility index (Phi) is 5.31. The quantitative estimate of drug-likeness (QED) is 0.878. The Hall–Kier alpha value is -2.35. The summed E-state index contributed by atoms with van der Waals surface area (Å²) in [5.74, 6) is 0.588. The van der Waals surface area contributed by atoms with E-state index in [9.17, 15) is 10.4 Å². The van der Waals surface area contributed by atoms with E-state index in [-0.39, 0.29) is 11.6 Å². The maximum Gasteiger partial charge on any atom is 0.137 e. The molecule has 2 atom stereocenters. The van der Waals surface area contributed by atoms with E-state index in [1.165, 1.54) is 0 Å². The van der Waals surface area contributed by atoms with Crippen LogP contribution >= 0.6 is 0 Å². The van der Waals surface area contributed by atoms with Crippen LogP contribution in [0.3, 0.4) is 0 Å². The van der Waals surface area contributed by atoms with Crippen molar-refractivity contribution in [3.05, 3.63) is 64.7 Å². The van der Waals surface area contributed by atoms with Crippen molar-refractivity contribution in [1.82, 2.24) is 5.32 Å². The molecule has 1 aliphatic rings. The van der Waals surface area contributed by atoms with E-state index >= 15 is 0 Å². The van der Waals surface area contributed by atoms with Gasteiger partial charge in [0.25, 0.3) is 0 Å². The van der Waals surface area contributed by atoms with Gasteiger partial charge in [0.15, 0.2) is 0 Å². The fourth-order valence-electron chi connectivity index (χ4n) is 3.55. The summed E-state index contributed by atoms with van der Waals surface area (Å²) in [7, 11) is 0. The van der Waals surface area contributed by atoms with Crippen LogP contribution in [-0.2, 0) is 13.0 Å². The summed E-state index contributed by atoms with van der Waals surface area (Å²) in [4.78, 5) is 0. The number of hydrogen-bond donors (Lipinski definition) is 2. The zero-order chi connectivity index (χ0) is 18.7. The highest BCUT2D eigenvalue weighted by molar-refractivity contribution is 5.54. The number of hydrogen-bond acceptors (Lipinski definition) is 4. The summed E-state index contributed by atoms with van der Waals surface area (Å²) in [5.41, 5.74) is 3.29. The number of nitrogens with zero attached hydrogens (tertiary/aromatic N) is 1. The van der Waals surface area contributed by atoms with Gasteiger partial charge in [-0.3, -0.25) is 0 Å². The molecular weight excluding hydrogens is 324 g/mol. The van der Waals surface area contributed by atoms with Crippen molar-refractivity contribution in [3.8, 4) is 11.8 Å². The monoisotopic (exact) mass is 350 g/mol. The Morgan fingerprint density at radius 2 is 1.92 bits per heavy atom. The Morgan fingerprint density at radius 3 is 2.58 bits per heavy atom. The lowest BCUT2D eigenvalue weighted by Gasteiger charge is -2.36. The molecule has 136 valence electrons. The minimum atomic E-state index is -0.617. The second kappa shape index (κ2) is 7.49. The number of ether oxygens (including phenoxy) is 1. The van der Waals surface area contributed by atoms with Gasteiger partial charge in [0.1, 0.15) is 18.4 Å². The molecule has 0 saturated heterocycles. The second-order valence-corrected chi connectivity index (χ2v) is 7.88. The smallest absolute Gasteiger partial charge is 0.137 e. The molecule has 0 amide bonds. The van der Waals surface area contributed by atoms with E-state index in [2.05, 4.69) is 32.2 Å². The summed E-state index contributed by atoms with van der Waals surface area (Å²) in [6.07, 6.45) is 0.932. The van der Waals surface area contributed by atoms with Crippen LogP contribution in [0.5, 0.6) is 5.75 Å². The van der Waals surface area contributed by atoms with Gasteiger partial charge in [-0.25, -0.2) is 0 Å². The molecule has 3 rings (SSSR count). The average Bonchev–Trinajstić information content (AvgIpc) is 2.61. The predicted molar refractivity (Wildman–Crippen MR) is 102 cm³/mol. The van der Waals surface area contributed by atoms with Crippen LogP contribution in [0.4, 0.5) is 0 Å². The van der Waals surface area contributed by atoms with Crippen LogP contribution in [-0.4, -0.2) is 16.7 Å². The van der Waals surface area contributed by atoms with Gasteiger partial charge in [-0.1, -0.05) is 36.4 Å². The number of aliphatic hydroxyl groups is 1. The third-order valence-corrected chi connectivity index (χ3v) is 4.68. The van der Waals surface area contributed by atoms with E-state index in [0.29, 0.717) is 17.9 Å². The third kappa shape index (κ3) is 4.07. The molecule has 0 aromatic heterocycles. The van der Waals surface area contributed by atoms with Crippen molar-refractivity contribution in [2.75, 3.05) is 0 Å². The van der Waals surface area contributed by atoms with Gasteiger partial charge in [-0.05, 0) is 56.4 Å². The van der Waals surface area contributed by atoms with Crippen molar-refractivity contribution in [1.29, 1.82) is 5.26 Å². The van der Waals surface area contributed by atoms with Gasteiger partial charge < -0.3 is 15.2 Å². The number of nitrogens with one attached hydrogen (secondary N) is 1. The van der Waals surface area contributed by atoms with Crippen LogP contribution < -0.4 is 10.1 Å². The van der Waals surface area contributed by atoms with Gasteiger partial charge in [0.05, 0.1) is 11.7 Å². The Morgan fingerprint density at radius 1 is 1.19 bits per heavy atom. The molecule has 0 radical (unpaired) electrons. The van der Waals surface area contributed by atoms with E-state index in [1.54, 1.807) is 0 Å². The maximum absolute atomic E-state index is 10.8. The van der Waals surface area contributed by atoms with Crippen molar-refractivity contribution >= 4 is 0 Å². The average molecular weight is 350 g/mol. The van der Waals surface area contributed by atoms with Gasteiger partial charge >= 0.3 is 0 Å². The van der Waals surface area contributed by atoms with E-state index in [0.717, 1.165) is 29.5 Å². The van der Waals surface area contributed by atoms with Gasteiger partial charge in [0, 0.05) is 11.6 Å². The standard InChI is InChI=1S/C22H26N2O2/c1-22(2,3)24-19-11-9-16-17(21(19)25)10-12-20(18(16)13-23)26-14-15-7-5-4-6-8-15/h4-8,10,12,19,21,24-25H,9,11,14H2,1-3H3. The molecule has 26 heavy (non-hydrogen) atoms. The molecule has 0 heterocycles. The van der Waals surface area contributed by atoms with Crippen molar-refractivity contribution in [2.45, 2.75) is 57.9 Å². The summed E-state index contributed by atoms with van der Waals surface area (Å²) < 4.78 is 5.90. The predicted octanol–water partition coefficient (Wildman–Crippen LogP) is 3.87. The first kappa shape index (κ1) is 18.4. The lowest BCUT2D eigenvalue weighted by atomic mass is 9.82. The Bertz CT molecular complexity index is 803. The van der Waals surface area contributed by atoms with E-state index in [1.807, 2.05) is 42.5 Å². The molecule has 4 nitrogen and oxygen atoms in total. The van der Waals surface area contributed by atoms with Gasteiger partial charge in [-0.15, -0.1) is 0 Å². The molecule has 0 aliphatic heterocycles. The summed E-state index contributed by atoms with van der Waals surface area (Å²) >= 11 is 0. The maximum atomic E-state index is 10.8. The van der Waals surface area contributed by atoms with Crippen LogP contribution in [0, 0.1) is 11.3 Å². The fraction of sp³-hybridized carbons (Fsp3) is 0.409. The molecule has 0 spiro atoms. The lowest BCUT2D eigenvalue weighted by molar-refractivity contribution is 0.0998. The van der Waals surface area contributed by atoms with Crippen molar-refractivity contribution in [3.63, 3.8) is 0 Å². The normalized spacial score (nSPS) is 19.5. The topological polar surface area (TPSA) is 65.3 Å². The van der Waals surface area contributed by atoms with Crippen LogP contribution in [0.2, 0.25) is 0 Å². The highest BCUT2D eigenvalue weighted by Gasteiger charge is 2.32. The number of nitriles is 1. The molecule has 1 aliphatic carbocycles. The summed E-state index contributed by atoms with van der Waals surface area (Å²) in [6.45, 7) is 6.70. The summed E-state index contributed by atoms with van der Waals surface area (Å²) in [6, 6.07) is 15.9. The van der Waals surface area contributed by atoms with Crippen molar-refractivity contribution in [2.24, 2.45) is 0 Å². The Labute approximate surface area is 155 Å². The van der Waals surface area contributed by atoms with Crippen LogP contribution in [0.1, 0.15) is 55.5 Å². The highest BCUT2D eigenvalue weighted by atomic mass is 16.5. The molecule has 2 aromatic carbocycles. The Balaban J connectivity index is 1.83. The van der Waals surface area contributed by atoms with Crippen LogP contribution in [0.15, 0.2) is 42.5 Å². The minimum Gasteiger partial charge on any atom is -0.488 e. The SMILES string of the molecule is CC(C)(C)NC1CCc2c(ccc(OCc3ccccc3)c2C#N)C1O. The summed E-state index contributed by atoms with van der Waals surface area (Å²) in [5, 5.41) is 24.0. The molecule has 2 unspecified atom stereocenters. The number of rotatable bonds is 4. The third-order valence-electron chi connectivity index (χ3n) is 4.68. The first-order valence-corrected chi connectivity index (χ1v) is 9.07. The number of benzene rings is 2. The minimum absolute atomic E-state index is 0.00914. The first-order chi connectivity index (χ1) is 12.4. The first-order valence-electron chi connectivity index (χ1n) is 9.07. The lowest BCUT2D eigenvalue weighted by Crippen LogP contribution is -2.48. The fourth-order valence-corrected chi connectivity index (χ4v) is 3.55. The molecule has 4 heteroatoms.